The van der Waals surface area contributed by atoms with Crippen LogP contribution in [0.1, 0.15) is 12.6 Å². The van der Waals surface area contributed by atoms with Crippen molar-refractivity contribution in [2.24, 2.45) is 0 Å². The Morgan fingerprint density at radius 2 is 2.42 bits per heavy atom. The third kappa shape index (κ3) is 2.96. The molecule has 0 bridgehead atoms. The van der Waals surface area contributed by atoms with Crippen LogP contribution in [0.4, 0.5) is 0 Å². The van der Waals surface area contributed by atoms with Crippen LogP contribution in [-0.2, 0) is 6.42 Å². The molecule has 0 fully saturated rings. The molecular formula is C9H12N2S. The van der Waals surface area contributed by atoms with Gasteiger partial charge in [-0.2, -0.15) is 0 Å². The van der Waals surface area contributed by atoms with Crippen molar-refractivity contribution in [2.75, 3.05) is 6.54 Å². The third-order valence-electron chi connectivity index (χ3n) is 1.44. The van der Waals surface area contributed by atoms with Gasteiger partial charge < -0.3 is 5.32 Å². The van der Waals surface area contributed by atoms with Crippen molar-refractivity contribution in [3.8, 4) is 0 Å². The van der Waals surface area contributed by atoms with Gasteiger partial charge in [-0.15, -0.1) is 0 Å². The standard InChI is InChI=1S/C9H12N2S/c1-2-10-9(12)7-8-5-3-4-6-11-8/h3-6H,2,7H2,1H3,(H,10,12). The summed E-state index contributed by atoms with van der Waals surface area (Å²) in [7, 11) is 0. The van der Waals surface area contributed by atoms with Crippen molar-refractivity contribution in [1.29, 1.82) is 0 Å². The molecule has 2 nitrogen and oxygen atoms in total. The molecule has 0 saturated carbocycles. The predicted molar refractivity (Wildman–Crippen MR) is 54.2 cm³/mol. The number of nitrogens with one attached hydrogen (secondary N) is 1. The Morgan fingerprint density at radius 1 is 1.58 bits per heavy atom. The van der Waals surface area contributed by atoms with Crippen LogP contribution in [0.5, 0.6) is 0 Å². The molecule has 0 aliphatic rings. The van der Waals surface area contributed by atoms with E-state index in [2.05, 4.69) is 10.3 Å². The van der Waals surface area contributed by atoms with Crippen molar-refractivity contribution in [2.45, 2.75) is 13.3 Å². The van der Waals surface area contributed by atoms with Gasteiger partial charge in [0.25, 0.3) is 0 Å². The second-order valence-corrected chi connectivity index (χ2v) is 2.94. The fraction of sp³-hybridized carbons (Fsp3) is 0.333. The summed E-state index contributed by atoms with van der Waals surface area (Å²) in [4.78, 5) is 5.03. The van der Waals surface area contributed by atoms with Gasteiger partial charge >= 0.3 is 0 Å². The second-order valence-electron chi connectivity index (χ2n) is 2.45. The van der Waals surface area contributed by atoms with Crippen LogP contribution in [0.2, 0.25) is 0 Å². The highest BCUT2D eigenvalue weighted by Gasteiger charge is 1.96. The lowest BCUT2D eigenvalue weighted by Crippen LogP contribution is -2.22. The van der Waals surface area contributed by atoms with Gasteiger partial charge in [-0.05, 0) is 19.1 Å². The molecule has 1 heterocycles. The zero-order valence-electron chi connectivity index (χ0n) is 7.08. The first kappa shape index (κ1) is 9.13. The number of rotatable bonds is 3. The minimum Gasteiger partial charge on any atom is -0.380 e. The first-order valence-electron chi connectivity index (χ1n) is 3.99. The Bertz CT molecular complexity index is 246. The molecule has 64 valence electrons. The highest BCUT2D eigenvalue weighted by atomic mass is 32.1. The summed E-state index contributed by atoms with van der Waals surface area (Å²) in [5.41, 5.74) is 1.02. The van der Waals surface area contributed by atoms with Crippen LogP contribution in [0.3, 0.4) is 0 Å². The maximum Gasteiger partial charge on any atom is 0.0813 e. The van der Waals surface area contributed by atoms with Crippen molar-refractivity contribution in [1.82, 2.24) is 10.3 Å². The lowest BCUT2D eigenvalue weighted by Gasteiger charge is -2.03. The van der Waals surface area contributed by atoms with Crippen LogP contribution in [0.15, 0.2) is 24.4 Å². The Balaban J connectivity index is 2.47. The summed E-state index contributed by atoms with van der Waals surface area (Å²) in [5, 5.41) is 3.09. The molecule has 0 spiro atoms. The van der Waals surface area contributed by atoms with Gasteiger partial charge in [-0.3, -0.25) is 4.98 Å². The summed E-state index contributed by atoms with van der Waals surface area (Å²) in [6, 6.07) is 5.85. The number of thiocarbonyl (C=S) groups is 1. The van der Waals surface area contributed by atoms with Gasteiger partial charge in [0.05, 0.1) is 4.99 Å². The maximum absolute atomic E-state index is 5.08. The molecule has 0 aliphatic heterocycles. The first-order valence-corrected chi connectivity index (χ1v) is 4.40. The highest BCUT2D eigenvalue weighted by Crippen LogP contribution is 1.94. The lowest BCUT2D eigenvalue weighted by molar-refractivity contribution is 0.954. The molecule has 0 amide bonds. The third-order valence-corrected chi connectivity index (χ3v) is 1.73. The van der Waals surface area contributed by atoms with Crippen LogP contribution in [0, 0.1) is 0 Å². The van der Waals surface area contributed by atoms with E-state index in [-0.39, 0.29) is 0 Å². The van der Waals surface area contributed by atoms with E-state index < -0.39 is 0 Å². The number of hydrogen-bond donors (Lipinski definition) is 1. The van der Waals surface area contributed by atoms with E-state index in [1.54, 1.807) is 6.20 Å². The van der Waals surface area contributed by atoms with Crippen LogP contribution in [0.25, 0.3) is 0 Å². The molecule has 12 heavy (non-hydrogen) atoms. The van der Waals surface area contributed by atoms with E-state index in [0.29, 0.717) is 0 Å². The SMILES string of the molecule is CCNC(=S)Cc1ccccn1. The van der Waals surface area contributed by atoms with E-state index >= 15 is 0 Å². The average Bonchev–Trinajstić information content (AvgIpc) is 2.06. The van der Waals surface area contributed by atoms with Gasteiger partial charge in [0.2, 0.25) is 0 Å². The number of hydrogen-bond acceptors (Lipinski definition) is 2. The molecule has 3 heteroatoms. The van der Waals surface area contributed by atoms with Crippen molar-refractivity contribution >= 4 is 17.2 Å². The van der Waals surface area contributed by atoms with Gasteiger partial charge in [0, 0.05) is 24.9 Å². The largest absolute Gasteiger partial charge is 0.380 e. The van der Waals surface area contributed by atoms with E-state index in [1.165, 1.54) is 0 Å². The fourth-order valence-electron chi connectivity index (χ4n) is 0.927. The molecule has 0 aromatic carbocycles. The average molecular weight is 180 g/mol. The Hall–Kier alpha value is -0.960. The Kier molecular flexibility index (Phi) is 3.67. The summed E-state index contributed by atoms with van der Waals surface area (Å²) < 4.78 is 0. The van der Waals surface area contributed by atoms with Gasteiger partial charge in [-0.1, -0.05) is 18.3 Å². The van der Waals surface area contributed by atoms with Gasteiger partial charge in [0.1, 0.15) is 0 Å². The molecule has 0 unspecified atom stereocenters. The van der Waals surface area contributed by atoms with Crippen LogP contribution >= 0.6 is 12.2 Å². The molecular weight excluding hydrogens is 168 g/mol. The van der Waals surface area contributed by atoms with Gasteiger partial charge in [-0.25, -0.2) is 0 Å². The number of likely N-dealkylation sites (N-methyl/N-ethyl adjacent to an activating group) is 1. The van der Waals surface area contributed by atoms with E-state index in [0.717, 1.165) is 23.6 Å². The van der Waals surface area contributed by atoms with Crippen molar-refractivity contribution in [3.05, 3.63) is 30.1 Å². The fourth-order valence-corrected chi connectivity index (χ4v) is 1.22. The molecule has 0 aliphatic carbocycles. The van der Waals surface area contributed by atoms with E-state index in [1.807, 2.05) is 25.1 Å². The minimum atomic E-state index is 0.740. The monoisotopic (exact) mass is 180 g/mol. The first-order chi connectivity index (χ1) is 5.83. The normalized spacial score (nSPS) is 9.42. The lowest BCUT2D eigenvalue weighted by atomic mass is 10.3. The molecule has 1 N–H and O–H groups in total. The molecule has 0 atom stereocenters. The highest BCUT2D eigenvalue weighted by molar-refractivity contribution is 7.80. The van der Waals surface area contributed by atoms with Crippen LogP contribution < -0.4 is 5.32 Å². The molecule has 1 rings (SSSR count). The Morgan fingerprint density at radius 3 is 3.00 bits per heavy atom. The summed E-state index contributed by atoms with van der Waals surface area (Å²) in [5.74, 6) is 0. The number of pyridine rings is 1. The number of aromatic nitrogens is 1. The maximum atomic E-state index is 5.08. The van der Waals surface area contributed by atoms with Gasteiger partial charge in [0.15, 0.2) is 0 Å². The van der Waals surface area contributed by atoms with Crippen molar-refractivity contribution < 1.29 is 0 Å². The summed E-state index contributed by atoms with van der Waals surface area (Å²) in [6.07, 6.45) is 2.52. The summed E-state index contributed by atoms with van der Waals surface area (Å²) in [6.45, 7) is 2.91. The predicted octanol–water partition coefficient (Wildman–Crippen LogP) is 1.56. The minimum absolute atomic E-state index is 0.740. The molecule has 0 saturated heterocycles. The van der Waals surface area contributed by atoms with Crippen molar-refractivity contribution in [3.63, 3.8) is 0 Å². The summed E-state index contributed by atoms with van der Waals surface area (Å²) >= 11 is 5.08. The van der Waals surface area contributed by atoms with E-state index in [4.69, 9.17) is 12.2 Å². The van der Waals surface area contributed by atoms with Crippen LogP contribution in [-0.4, -0.2) is 16.5 Å². The topological polar surface area (TPSA) is 24.9 Å². The quantitative estimate of drug-likeness (QED) is 0.715. The molecule has 0 radical (unpaired) electrons. The van der Waals surface area contributed by atoms with E-state index in [9.17, 15) is 0 Å². The zero-order chi connectivity index (χ0) is 8.81. The number of nitrogens with zero attached hydrogens (tertiary/aromatic N) is 1. The molecule has 1 aromatic heterocycles. The zero-order valence-corrected chi connectivity index (χ0v) is 7.90. The molecule has 1 aromatic rings. The smallest absolute Gasteiger partial charge is 0.0813 e. The second kappa shape index (κ2) is 4.83. The Labute approximate surface area is 78.0 Å².